The maximum Gasteiger partial charge on any atom is 0.269 e. The first-order valence-electron chi connectivity index (χ1n) is 12.9. The van der Waals surface area contributed by atoms with E-state index in [0.29, 0.717) is 41.8 Å². The Hall–Kier alpha value is -2.87. The number of benzene rings is 1. The fourth-order valence-corrected chi connectivity index (χ4v) is 5.31. The number of rotatable bonds is 9. The Morgan fingerprint density at radius 2 is 2.03 bits per heavy atom. The average Bonchev–Trinajstić information content (AvgIpc) is 3.09. The van der Waals surface area contributed by atoms with Gasteiger partial charge in [-0.15, -0.1) is 0 Å². The second-order valence-corrected chi connectivity index (χ2v) is 10.1. The molecule has 192 valence electrons. The summed E-state index contributed by atoms with van der Waals surface area (Å²) in [7, 11) is 1.76. The Labute approximate surface area is 214 Å². The van der Waals surface area contributed by atoms with Crippen LogP contribution in [0.1, 0.15) is 43.2 Å². The van der Waals surface area contributed by atoms with Crippen molar-refractivity contribution in [1.82, 2.24) is 10.2 Å². The highest BCUT2D eigenvalue weighted by Crippen LogP contribution is 2.30. The summed E-state index contributed by atoms with van der Waals surface area (Å²) in [5, 5.41) is 22.1. The van der Waals surface area contributed by atoms with Gasteiger partial charge in [-0.2, -0.15) is 0 Å². The standard InChI is InChI=1S/C29H38N4O3/c1-20-11-13-31-28(16-26(20)27(30)15-21-7-9-25(36-2)10-8-21)29(35)32-17-24(34)19-33-14-12-22-5-3-4-6-23(22)18-33/h3-6,11,13,16,21,24-25,30,34H,1,7-10,12,14-15,17-19H2,2H3,(H,32,35)/t21-,24-,25-/m0/s1. The second kappa shape index (κ2) is 12.4. The van der Waals surface area contributed by atoms with Crippen molar-refractivity contribution >= 4 is 17.3 Å². The van der Waals surface area contributed by atoms with Gasteiger partial charge in [0.1, 0.15) is 5.71 Å². The molecule has 0 radical (unpaired) electrons. The summed E-state index contributed by atoms with van der Waals surface area (Å²) in [6, 6.07) is 8.40. The minimum atomic E-state index is -0.680. The topological polar surface area (TPSA) is 98.0 Å². The number of β-amino-alcohol motifs (C(OH)–C–C–N with tert-alkyl or cyclic N) is 1. The molecule has 0 aromatic heterocycles. The Balaban J connectivity index is 1.29. The first kappa shape index (κ1) is 26.2. The third kappa shape index (κ3) is 6.87. The molecule has 1 fully saturated rings. The fourth-order valence-electron chi connectivity index (χ4n) is 5.31. The van der Waals surface area contributed by atoms with E-state index in [4.69, 9.17) is 10.1 Å². The van der Waals surface area contributed by atoms with Crippen LogP contribution in [0, 0.1) is 11.3 Å². The molecule has 1 amide bonds. The molecule has 3 N–H and O–H groups in total. The van der Waals surface area contributed by atoms with Gasteiger partial charge in [-0.3, -0.25) is 14.7 Å². The van der Waals surface area contributed by atoms with Gasteiger partial charge in [0.15, 0.2) is 0 Å². The largest absolute Gasteiger partial charge is 0.390 e. The predicted octanol–water partition coefficient (Wildman–Crippen LogP) is 3.59. The molecule has 0 saturated heterocycles. The van der Waals surface area contributed by atoms with Crippen molar-refractivity contribution in [2.24, 2.45) is 10.9 Å². The minimum absolute atomic E-state index is 0.143. The van der Waals surface area contributed by atoms with Crippen LogP contribution in [0.4, 0.5) is 0 Å². The van der Waals surface area contributed by atoms with E-state index < -0.39 is 6.10 Å². The summed E-state index contributed by atoms with van der Waals surface area (Å²) in [5.74, 6) is 0.0826. The molecule has 1 aromatic carbocycles. The zero-order chi connectivity index (χ0) is 25.5. The Morgan fingerprint density at radius 3 is 2.78 bits per heavy atom. The zero-order valence-electron chi connectivity index (χ0n) is 21.2. The Bertz CT molecular complexity index is 1070. The van der Waals surface area contributed by atoms with E-state index in [2.05, 4.69) is 40.0 Å². The molecule has 7 nitrogen and oxygen atoms in total. The van der Waals surface area contributed by atoms with Gasteiger partial charge in [0.05, 0.1) is 12.2 Å². The number of nitrogens with one attached hydrogen (secondary N) is 2. The number of methoxy groups -OCH3 is 1. The molecule has 1 aliphatic carbocycles. The van der Waals surface area contributed by atoms with Crippen LogP contribution < -0.4 is 5.32 Å². The summed E-state index contributed by atoms with van der Waals surface area (Å²) in [5.41, 5.74) is 4.71. The second-order valence-electron chi connectivity index (χ2n) is 10.1. The smallest absolute Gasteiger partial charge is 0.269 e. The number of aliphatic hydroxyl groups is 1. The number of hydrogen-bond acceptors (Lipinski definition) is 6. The average molecular weight is 491 g/mol. The molecule has 36 heavy (non-hydrogen) atoms. The third-order valence-electron chi connectivity index (χ3n) is 7.47. The number of fused-ring (bicyclic) bond motifs is 1. The lowest BCUT2D eigenvalue weighted by atomic mass is 9.82. The zero-order valence-corrected chi connectivity index (χ0v) is 21.2. The number of allylic oxidation sites excluding steroid dienone is 3. The van der Waals surface area contributed by atoms with Crippen molar-refractivity contribution in [1.29, 1.82) is 5.41 Å². The van der Waals surface area contributed by atoms with E-state index in [-0.39, 0.29) is 18.2 Å². The molecular weight excluding hydrogens is 452 g/mol. The van der Waals surface area contributed by atoms with Crippen molar-refractivity contribution in [3.05, 3.63) is 71.5 Å². The summed E-state index contributed by atoms with van der Waals surface area (Å²) >= 11 is 0. The molecule has 1 aromatic rings. The normalized spacial score (nSPS) is 23.2. The van der Waals surface area contributed by atoms with E-state index >= 15 is 0 Å². The quantitative estimate of drug-likeness (QED) is 0.461. The fraction of sp³-hybridized carbons (Fsp3) is 0.483. The first-order chi connectivity index (χ1) is 17.4. The molecule has 2 heterocycles. The molecule has 7 heteroatoms. The third-order valence-corrected chi connectivity index (χ3v) is 7.47. The summed E-state index contributed by atoms with van der Waals surface area (Å²) in [6.07, 6.45) is 10.4. The lowest BCUT2D eigenvalue weighted by Crippen LogP contribution is -2.43. The molecule has 2 aliphatic heterocycles. The van der Waals surface area contributed by atoms with Crippen molar-refractivity contribution in [2.45, 2.75) is 57.3 Å². The number of ether oxygens (including phenoxy) is 1. The highest BCUT2D eigenvalue weighted by Gasteiger charge is 2.24. The number of carbonyl (C=O) groups is 1. The number of aliphatic imine (C=N–C) groups is 1. The molecule has 0 unspecified atom stereocenters. The molecule has 1 atom stereocenters. The van der Waals surface area contributed by atoms with Crippen LogP contribution in [0.3, 0.4) is 0 Å². The van der Waals surface area contributed by atoms with Gasteiger partial charge in [0.2, 0.25) is 0 Å². The van der Waals surface area contributed by atoms with Crippen molar-refractivity contribution in [3.63, 3.8) is 0 Å². The van der Waals surface area contributed by atoms with E-state index in [0.717, 1.165) is 45.2 Å². The lowest BCUT2D eigenvalue weighted by molar-refractivity contribution is -0.115. The summed E-state index contributed by atoms with van der Waals surface area (Å²) in [6.45, 7) is 6.41. The molecule has 1 saturated carbocycles. The van der Waals surface area contributed by atoms with E-state index in [1.165, 1.54) is 11.1 Å². The van der Waals surface area contributed by atoms with Gasteiger partial charge in [-0.1, -0.05) is 30.8 Å². The SMILES string of the molecule is C=C1C=CN=C(C(=O)NC[C@H](O)CN2CCc3ccccc3C2)C=C1C(=N)C[C@H]1CC[C@H](OC)CC1. The molecule has 4 rings (SSSR count). The summed E-state index contributed by atoms with van der Waals surface area (Å²) in [4.78, 5) is 19.4. The van der Waals surface area contributed by atoms with E-state index in [9.17, 15) is 9.90 Å². The van der Waals surface area contributed by atoms with Crippen LogP contribution in [0.5, 0.6) is 0 Å². The van der Waals surface area contributed by atoms with Crippen LogP contribution in [0.25, 0.3) is 0 Å². The van der Waals surface area contributed by atoms with Gasteiger partial charge in [0.25, 0.3) is 5.91 Å². The number of aliphatic hydroxyl groups excluding tert-OH is 1. The molecule has 3 aliphatic rings. The van der Waals surface area contributed by atoms with Crippen LogP contribution in [-0.2, 0) is 22.5 Å². The van der Waals surface area contributed by atoms with E-state index in [1.807, 2.05) is 6.07 Å². The summed E-state index contributed by atoms with van der Waals surface area (Å²) < 4.78 is 5.46. The van der Waals surface area contributed by atoms with E-state index in [1.54, 1.807) is 25.5 Å². The number of carbonyl (C=O) groups excluding carboxylic acids is 1. The van der Waals surface area contributed by atoms with Crippen molar-refractivity contribution < 1.29 is 14.6 Å². The maximum atomic E-state index is 12.9. The monoisotopic (exact) mass is 490 g/mol. The highest BCUT2D eigenvalue weighted by atomic mass is 16.5. The molecular formula is C29H38N4O3. The minimum Gasteiger partial charge on any atom is -0.390 e. The maximum absolute atomic E-state index is 12.9. The first-order valence-corrected chi connectivity index (χ1v) is 12.9. The van der Waals surface area contributed by atoms with Gasteiger partial charge in [-0.25, -0.2) is 0 Å². The van der Waals surface area contributed by atoms with Crippen LogP contribution in [0.15, 0.2) is 65.3 Å². The van der Waals surface area contributed by atoms with Crippen LogP contribution >= 0.6 is 0 Å². The highest BCUT2D eigenvalue weighted by molar-refractivity contribution is 6.44. The number of amides is 1. The lowest BCUT2D eigenvalue weighted by Gasteiger charge is -2.30. The van der Waals surface area contributed by atoms with Crippen LogP contribution in [0.2, 0.25) is 0 Å². The van der Waals surface area contributed by atoms with Gasteiger partial charge in [0, 0.05) is 50.8 Å². The molecule has 0 bridgehead atoms. The predicted molar refractivity (Wildman–Crippen MR) is 143 cm³/mol. The van der Waals surface area contributed by atoms with Gasteiger partial charge < -0.3 is 20.6 Å². The molecule has 0 spiro atoms. The van der Waals surface area contributed by atoms with Crippen LogP contribution in [-0.4, -0.2) is 66.3 Å². The Kier molecular flexibility index (Phi) is 9.02. The number of nitrogens with zero attached hydrogens (tertiary/aromatic N) is 2. The van der Waals surface area contributed by atoms with Crippen molar-refractivity contribution in [3.8, 4) is 0 Å². The number of hydrogen-bond donors (Lipinski definition) is 3. The van der Waals surface area contributed by atoms with Crippen molar-refractivity contribution in [2.75, 3.05) is 26.7 Å². The van der Waals surface area contributed by atoms with Gasteiger partial charge >= 0.3 is 0 Å². The Morgan fingerprint density at radius 1 is 1.28 bits per heavy atom. The van der Waals surface area contributed by atoms with Gasteiger partial charge in [-0.05, 0) is 73.3 Å².